The molecule has 0 unspecified atom stereocenters. The van der Waals surface area contributed by atoms with Gasteiger partial charge in [0.15, 0.2) is 11.3 Å². The Labute approximate surface area is 200 Å². The van der Waals surface area contributed by atoms with Crippen molar-refractivity contribution in [2.45, 2.75) is 20.3 Å². The molecule has 180 valence electrons. The molecule has 0 saturated carbocycles. The molecule has 1 aliphatic heterocycles. The van der Waals surface area contributed by atoms with E-state index in [2.05, 4.69) is 9.88 Å². The molecule has 0 atom stereocenters. The summed E-state index contributed by atoms with van der Waals surface area (Å²) in [6.07, 6.45) is -0.195. The van der Waals surface area contributed by atoms with Gasteiger partial charge in [0.2, 0.25) is 11.2 Å². The van der Waals surface area contributed by atoms with Crippen LogP contribution in [0.2, 0.25) is 0 Å². The molecule has 2 N–H and O–H groups in total. The largest absolute Gasteiger partial charge is 0.490 e. The highest BCUT2D eigenvalue weighted by molar-refractivity contribution is 6.04. The molecular formula is C26H24N2O7. The summed E-state index contributed by atoms with van der Waals surface area (Å²) in [5.41, 5.74) is 1.46. The number of benzene rings is 3. The summed E-state index contributed by atoms with van der Waals surface area (Å²) in [6.45, 7) is 5.64. The summed E-state index contributed by atoms with van der Waals surface area (Å²) in [7, 11) is 1.31. The smallest absolute Gasteiger partial charge is 0.338 e. The van der Waals surface area contributed by atoms with E-state index in [1.165, 1.54) is 31.4 Å². The maximum absolute atomic E-state index is 13.4. The van der Waals surface area contributed by atoms with Crippen molar-refractivity contribution < 1.29 is 29.0 Å². The standard InChI is InChI=1S/C26H24N2O7/c1-4-28(5-2)16-10-11-17-18(13-16)35-24-22(27-17)21(26(32)33)20(23(31)25(24)34-3)15-8-6-14(7-9-15)12-19(29)30/h6-11,13H,4-5,12H2,1-3H3,(H,29,30)(H,32,33). The molecule has 0 amide bonds. The molecule has 1 heterocycles. The topological polar surface area (TPSA) is 130 Å². The normalized spacial score (nSPS) is 11.1. The van der Waals surface area contributed by atoms with Gasteiger partial charge in [-0.1, -0.05) is 24.3 Å². The van der Waals surface area contributed by atoms with Crippen LogP contribution in [0.25, 0.3) is 33.7 Å². The van der Waals surface area contributed by atoms with Gasteiger partial charge in [0, 0.05) is 24.8 Å². The summed E-state index contributed by atoms with van der Waals surface area (Å²) in [6, 6.07) is 11.5. The summed E-state index contributed by atoms with van der Waals surface area (Å²) in [5.74, 6) is -2.55. The van der Waals surface area contributed by atoms with Crippen molar-refractivity contribution >= 4 is 28.7 Å². The van der Waals surface area contributed by atoms with Crippen molar-refractivity contribution in [2.24, 2.45) is 0 Å². The van der Waals surface area contributed by atoms with Crippen LogP contribution in [0.4, 0.5) is 5.69 Å². The van der Waals surface area contributed by atoms with Crippen molar-refractivity contribution in [3.05, 3.63) is 63.8 Å². The summed E-state index contributed by atoms with van der Waals surface area (Å²) >= 11 is 0. The summed E-state index contributed by atoms with van der Waals surface area (Å²) in [4.78, 5) is 43.5. The second-order valence-corrected chi connectivity index (χ2v) is 7.90. The first kappa shape index (κ1) is 23.7. The van der Waals surface area contributed by atoms with Crippen molar-refractivity contribution in [2.75, 3.05) is 25.1 Å². The molecule has 1 aliphatic carbocycles. The molecule has 0 fully saturated rings. The first-order valence-corrected chi connectivity index (χ1v) is 11.1. The van der Waals surface area contributed by atoms with Gasteiger partial charge in [-0.3, -0.25) is 9.59 Å². The quantitative estimate of drug-likeness (QED) is 0.360. The Kier molecular flexibility index (Phi) is 6.42. The van der Waals surface area contributed by atoms with Crippen molar-refractivity contribution in [1.29, 1.82) is 0 Å². The number of anilines is 1. The van der Waals surface area contributed by atoms with E-state index in [9.17, 15) is 19.5 Å². The molecule has 2 aromatic carbocycles. The lowest BCUT2D eigenvalue weighted by atomic mass is 9.93. The Hall–Kier alpha value is -4.40. The number of aromatic nitrogens is 1. The highest BCUT2D eigenvalue weighted by atomic mass is 16.5. The van der Waals surface area contributed by atoms with E-state index in [4.69, 9.17) is 14.3 Å². The maximum Gasteiger partial charge on any atom is 0.338 e. The zero-order valence-corrected chi connectivity index (χ0v) is 19.5. The number of rotatable bonds is 8. The Morgan fingerprint density at radius 1 is 1.06 bits per heavy atom. The van der Waals surface area contributed by atoms with Crippen LogP contribution < -0.4 is 15.1 Å². The minimum atomic E-state index is -1.35. The maximum atomic E-state index is 13.4. The molecule has 2 aromatic rings. The van der Waals surface area contributed by atoms with E-state index < -0.39 is 17.4 Å². The Morgan fingerprint density at radius 2 is 1.74 bits per heavy atom. The zero-order valence-electron chi connectivity index (χ0n) is 19.5. The number of hydrogen-bond donors (Lipinski definition) is 2. The fourth-order valence-corrected chi connectivity index (χ4v) is 4.20. The van der Waals surface area contributed by atoms with Gasteiger partial charge in [0.25, 0.3) is 0 Å². The lowest BCUT2D eigenvalue weighted by molar-refractivity contribution is -0.136. The van der Waals surface area contributed by atoms with Crippen molar-refractivity contribution in [3.63, 3.8) is 0 Å². The number of aromatic carboxylic acids is 1. The minimum Gasteiger partial charge on any atom is -0.490 e. The van der Waals surface area contributed by atoms with Crippen LogP contribution in [0, 0.1) is 0 Å². The van der Waals surface area contributed by atoms with Crippen LogP contribution in [0.3, 0.4) is 0 Å². The number of carbonyl (C=O) groups is 2. The molecule has 4 rings (SSSR count). The van der Waals surface area contributed by atoms with Gasteiger partial charge in [-0.05, 0) is 37.1 Å². The summed E-state index contributed by atoms with van der Waals surface area (Å²) in [5, 5.41) is 19.1. The van der Waals surface area contributed by atoms with Crippen molar-refractivity contribution in [1.82, 2.24) is 4.98 Å². The zero-order chi connectivity index (χ0) is 25.3. The predicted molar refractivity (Wildman–Crippen MR) is 131 cm³/mol. The molecule has 0 radical (unpaired) electrons. The number of nitrogens with zero attached hydrogens (tertiary/aromatic N) is 2. The van der Waals surface area contributed by atoms with Crippen LogP contribution in [-0.2, 0) is 11.2 Å². The van der Waals surface area contributed by atoms with E-state index in [0.717, 1.165) is 18.8 Å². The van der Waals surface area contributed by atoms with Crippen LogP contribution in [-0.4, -0.2) is 47.3 Å². The van der Waals surface area contributed by atoms with E-state index in [1.807, 2.05) is 19.9 Å². The first-order chi connectivity index (χ1) is 16.8. The average Bonchev–Trinajstić information content (AvgIpc) is 2.83. The van der Waals surface area contributed by atoms with Gasteiger partial charge >= 0.3 is 11.9 Å². The second-order valence-electron chi connectivity index (χ2n) is 7.90. The fraction of sp³-hybridized carbons (Fsp3) is 0.231. The molecule has 9 nitrogen and oxygen atoms in total. The number of aliphatic carboxylic acids is 1. The predicted octanol–water partition coefficient (Wildman–Crippen LogP) is 4.14. The minimum absolute atomic E-state index is 0.0124. The van der Waals surface area contributed by atoms with Gasteiger partial charge in [-0.15, -0.1) is 0 Å². The van der Waals surface area contributed by atoms with Gasteiger partial charge in [0.1, 0.15) is 16.8 Å². The van der Waals surface area contributed by atoms with E-state index >= 15 is 0 Å². The monoisotopic (exact) mass is 476 g/mol. The lowest BCUT2D eigenvalue weighted by Gasteiger charge is -2.21. The van der Waals surface area contributed by atoms with Gasteiger partial charge in [-0.25, -0.2) is 9.78 Å². The highest BCUT2D eigenvalue weighted by Crippen LogP contribution is 2.39. The van der Waals surface area contributed by atoms with E-state index in [1.54, 1.807) is 12.1 Å². The SMILES string of the molecule is CCN(CC)c1ccc2nc3c(C(=O)O)c(-c4ccc(CC(=O)O)cc4)c(=O)c(OC)c-3oc2c1. The van der Waals surface area contributed by atoms with Crippen LogP contribution in [0.1, 0.15) is 29.8 Å². The number of hydrogen-bond acceptors (Lipinski definition) is 7. The molecule has 0 aromatic heterocycles. The Balaban J connectivity index is 2.01. The Morgan fingerprint density at radius 3 is 2.31 bits per heavy atom. The van der Waals surface area contributed by atoms with Gasteiger partial charge in [0.05, 0.1) is 19.1 Å². The second kappa shape index (κ2) is 9.46. The van der Waals surface area contributed by atoms with Crippen LogP contribution in [0.15, 0.2) is 51.7 Å². The number of fused-ring (bicyclic) bond motifs is 2. The molecule has 0 spiro atoms. The number of methoxy groups -OCH3 is 1. The van der Waals surface area contributed by atoms with E-state index in [0.29, 0.717) is 22.2 Å². The fourth-order valence-electron chi connectivity index (χ4n) is 4.20. The van der Waals surface area contributed by atoms with Crippen LogP contribution in [0.5, 0.6) is 5.75 Å². The molecule has 9 heteroatoms. The van der Waals surface area contributed by atoms with Gasteiger partial charge < -0.3 is 24.3 Å². The molecule has 2 aliphatic rings. The van der Waals surface area contributed by atoms with Crippen molar-refractivity contribution in [3.8, 4) is 28.3 Å². The lowest BCUT2D eigenvalue weighted by Crippen LogP contribution is -2.21. The third kappa shape index (κ3) is 4.28. The third-order valence-electron chi connectivity index (χ3n) is 5.87. The first-order valence-electron chi connectivity index (χ1n) is 11.1. The van der Waals surface area contributed by atoms with E-state index in [-0.39, 0.29) is 34.8 Å². The number of carboxylic acids is 2. The Bertz CT molecular complexity index is 1450. The molecular weight excluding hydrogens is 452 g/mol. The molecule has 0 saturated heterocycles. The van der Waals surface area contributed by atoms with Crippen LogP contribution >= 0.6 is 0 Å². The molecule has 35 heavy (non-hydrogen) atoms. The summed E-state index contributed by atoms with van der Waals surface area (Å²) < 4.78 is 11.4. The number of carboxylic acid groups (broad SMARTS) is 2. The van der Waals surface area contributed by atoms with Gasteiger partial charge in [-0.2, -0.15) is 0 Å². The highest BCUT2D eigenvalue weighted by Gasteiger charge is 2.31. The number of ether oxygens (including phenoxy) is 1. The average molecular weight is 476 g/mol. The molecule has 0 bridgehead atoms. The third-order valence-corrected chi connectivity index (χ3v) is 5.87.